The summed E-state index contributed by atoms with van der Waals surface area (Å²) in [5, 5.41) is 8.82. The SMILES string of the molecule is Cc1ccccc1C(=O)NCc1ccc(-c2nn(C3CCCC3)c3ncnc(N)c23)c(C)c1. The number of nitrogens with zero attached hydrogens (tertiary/aromatic N) is 4. The highest BCUT2D eigenvalue weighted by atomic mass is 16.1. The first-order valence-corrected chi connectivity index (χ1v) is 11.5. The number of fused-ring (bicyclic) bond motifs is 1. The number of anilines is 1. The van der Waals surface area contributed by atoms with Crippen molar-refractivity contribution in [1.82, 2.24) is 25.1 Å². The molecule has 2 aromatic carbocycles. The topological polar surface area (TPSA) is 98.7 Å². The van der Waals surface area contributed by atoms with Crippen molar-refractivity contribution in [2.75, 3.05) is 5.73 Å². The van der Waals surface area contributed by atoms with Gasteiger partial charge >= 0.3 is 0 Å². The Morgan fingerprint density at radius 3 is 2.64 bits per heavy atom. The van der Waals surface area contributed by atoms with Gasteiger partial charge in [-0.15, -0.1) is 0 Å². The maximum absolute atomic E-state index is 12.6. The van der Waals surface area contributed by atoms with Gasteiger partial charge in [-0.25, -0.2) is 14.6 Å². The van der Waals surface area contributed by atoms with Gasteiger partial charge in [-0.2, -0.15) is 5.10 Å². The number of carbonyl (C=O) groups is 1. The average Bonchev–Trinajstić information content (AvgIpc) is 3.47. The zero-order valence-corrected chi connectivity index (χ0v) is 19.0. The van der Waals surface area contributed by atoms with Crippen molar-refractivity contribution in [3.05, 3.63) is 71.0 Å². The zero-order chi connectivity index (χ0) is 22.9. The number of rotatable bonds is 5. The molecule has 7 heteroatoms. The normalized spacial score (nSPS) is 14.1. The van der Waals surface area contributed by atoms with Crippen molar-refractivity contribution in [2.45, 2.75) is 52.1 Å². The molecule has 3 N–H and O–H groups in total. The van der Waals surface area contributed by atoms with Crippen LogP contribution in [0.4, 0.5) is 5.82 Å². The minimum atomic E-state index is -0.0685. The second kappa shape index (κ2) is 8.65. The van der Waals surface area contributed by atoms with Crippen molar-refractivity contribution < 1.29 is 4.79 Å². The maximum Gasteiger partial charge on any atom is 0.251 e. The summed E-state index contributed by atoms with van der Waals surface area (Å²) in [7, 11) is 0. The van der Waals surface area contributed by atoms with E-state index in [1.54, 1.807) is 0 Å². The number of carbonyl (C=O) groups excluding carboxylic acids is 1. The molecular formula is C26H28N6O. The fraction of sp³-hybridized carbons (Fsp3) is 0.308. The molecule has 1 aliphatic carbocycles. The van der Waals surface area contributed by atoms with Crippen molar-refractivity contribution in [3.63, 3.8) is 0 Å². The number of amides is 1. The van der Waals surface area contributed by atoms with Gasteiger partial charge in [0.25, 0.3) is 5.91 Å². The fourth-order valence-electron chi connectivity index (χ4n) is 4.79. The fourth-order valence-corrected chi connectivity index (χ4v) is 4.79. The lowest BCUT2D eigenvalue weighted by atomic mass is 10.0. The summed E-state index contributed by atoms with van der Waals surface area (Å²) in [5.74, 6) is 0.384. The number of benzene rings is 2. The monoisotopic (exact) mass is 440 g/mol. The number of hydrogen-bond donors (Lipinski definition) is 2. The number of nitrogens with one attached hydrogen (secondary N) is 1. The van der Waals surface area contributed by atoms with Gasteiger partial charge in [-0.05, 0) is 49.4 Å². The molecule has 168 valence electrons. The quantitative estimate of drug-likeness (QED) is 0.467. The van der Waals surface area contributed by atoms with Crippen LogP contribution in [-0.4, -0.2) is 25.7 Å². The summed E-state index contributed by atoms with van der Waals surface area (Å²) < 4.78 is 2.05. The van der Waals surface area contributed by atoms with Crippen LogP contribution < -0.4 is 11.1 Å². The van der Waals surface area contributed by atoms with E-state index in [9.17, 15) is 4.79 Å². The average molecular weight is 441 g/mol. The molecule has 0 unspecified atom stereocenters. The van der Waals surface area contributed by atoms with Crippen molar-refractivity contribution >= 4 is 22.8 Å². The maximum atomic E-state index is 12.6. The van der Waals surface area contributed by atoms with Gasteiger partial charge in [0.2, 0.25) is 0 Å². The first kappa shape index (κ1) is 21.1. The molecule has 1 fully saturated rings. The number of aryl methyl sites for hydroxylation is 2. The first-order chi connectivity index (χ1) is 16.0. The summed E-state index contributed by atoms with van der Waals surface area (Å²) in [6.45, 7) is 4.46. The van der Waals surface area contributed by atoms with E-state index in [4.69, 9.17) is 10.8 Å². The number of nitrogens with two attached hydrogens (primary N) is 1. The minimum Gasteiger partial charge on any atom is -0.383 e. The predicted octanol–water partition coefficient (Wildman–Crippen LogP) is 4.74. The highest BCUT2D eigenvalue weighted by molar-refractivity contribution is 5.99. The lowest BCUT2D eigenvalue weighted by molar-refractivity contribution is 0.0950. The smallest absolute Gasteiger partial charge is 0.251 e. The molecule has 4 aromatic rings. The van der Waals surface area contributed by atoms with Crippen LogP contribution in [0, 0.1) is 13.8 Å². The Kier molecular flexibility index (Phi) is 5.54. The van der Waals surface area contributed by atoms with E-state index in [1.165, 1.54) is 19.2 Å². The van der Waals surface area contributed by atoms with E-state index in [1.807, 2.05) is 41.9 Å². The third-order valence-electron chi connectivity index (χ3n) is 6.58. The first-order valence-electron chi connectivity index (χ1n) is 11.5. The highest BCUT2D eigenvalue weighted by Crippen LogP contribution is 2.37. The summed E-state index contributed by atoms with van der Waals surface area (Å²) in [6, 6.07) is 14.1. The van der Waals surface area contributed by atoms with E-state index in [0.717, 1.165) is 51.8 Å². The molecule has 0 bridgehead atoms. The van der Waals surface area contributed by atoms with E-state index >= 15 is 0 Å². The Bertz CT molecular complexity index is 1340. The van der Waals surface area contributed by atoms with Gasteiger partial charge in [-0.3, -0.25) is 4.79 Å². The second-order valence-electron chi connectivity index (χ2n) is 8.84. The molecule has 0 atom stereocenters. The van der Waals surface area contributed by atoms with Crippen molar-refractivity contribution in [1.29, 1.82) is 0 Å². The second-order valence-corrected chi connectivity index (χ2v) is 8.84. The molecule has 1 saturated carbocycles. The van der Waals surface area contributed by atoms with Crippen LogP contribution in [0.15, 0.2) is 48.8 Å². The number of hydrogen-bond acceptors (Lipinski definition) is 5. The van der Waals surface area contributed by atoms with Gasteiger partial charge in [0.05, 0.1) is 11.4 Å². The van der Waals surface area contributed by atoms with Crippen LogP contribution in [0.2, 0.25) is 0 Å². The Labute approximate surface area is 193 Å². The van der Waals surface area contributed by atoms with E-state index < -0.39 is 0 Å². The van der Waals surface area contributed by atoms with Crippen molar-refractivity contribution in [3.8, 4) is 11.3 Å². The van der Waals surface area contributed by atoms with Gasteiger partial charge in [0.15, 0.2) is 5.65 Å². The van der Waals surface area contributed by atoms with E-state index in [0.29, 0.717) is 24.0 Å². The van der Waals surface area contributed by atoms with Crippen LogP contribution in [0.5, 0.6) is 0 Å². The molecular weight excluding hydrogens is 412 g/mol. The summed E-state index contributed by atoms with van der Waals surface area (Å²) in [4.78, 5) is 21.3. The number of aromatic nitrogens is 4. The van der Waals surface area contributed by atoms with E-state index in [-0.39, 0.29) is 5.91 Å². The Morgan fingerprint density at radius 2 is 1.88 bits per heavy atom. The third-order valence-corrected chi connectivity index (χ3v) is 6.58. The van der Waals surface area contributed by atoms with Gasteiger partial charge in [0.1, 0.15) is 17.8 Å². The van der Waals surface area contributed by atoms with Crippen LogP contribution >= 0.6 is 0 Å². The highest BCUT2D eigenvalue weighted by Gasteiger charge is 2.25. The molecule has 1 amide bonds. The van der Waals surface area contributed by atoms with Crippen LogP contribution in [0.3, 0.4) is 0 Å². The third kappa shape index (κ3) is 3.95. The largest absolute Gasteiger partial charge is 0.383 e. The molecule has 0 saturated heterocycles. The molecule has 0 radical (unpaired) electrons. The lowest BCUT2D eigenvalue weighted by Gasteiger charge is -2.11. The van der Waals surface area contributed by atoms with Gasteiger partial charge in [-0.1, -0.05) is 49.2 Å². The summed E-state index contributed by atoms with van der Waals surface area (Å²) in [6.07, 6.45) is 6.16. The molecule has 1 aliphatic rings. The molecule has 2 heterocycles. The van der Waals surface area contributed by atoms with Gasteiger partial charge in [0, 0.05) is 17.7 Å². The molecule has 0 spiro atoms. The zero-order valence-electron chi connectivity index (χ0n) is 19.0. The van der Waals surface area contributed by atoms with E-state index in [2.05, 4.69) is 34.3 Å². The summed E-state index contributed by atoms with van der Waals surface area (Å²) in [5.41, 5.74) is 12.7. The summed E-state index contributed by atoms with van der Waals surface area (Å²) >= 11 is 0. The Hall–Kier alpha value is -3.74. The molecule has 0 aliphatic heterocycles. The van der Waals surface area contributed by atoms with Crippen LogP contribution in [0.25, 0.3) is 22.3 Å². The molecule has 2 aromatic heterocycles. The van der Waals surface area contributed by atoms with Crippen LogP contribution in [0.1, 0.15) is 58.8 Å². The Morgan fingerprint density at radius 1 is 1.09 bits per heavy atom. The molecule has 5 rings (SSSR count). The predicted molar refractivity (Wildman–Crippen MR) is 130 cm³/mol. The lowest BCUT2D eigenvalue weighted by Crippen LogP contribution is -2.23. The molecule has 33 heavy (non-hydrogen) atoms. The molecule has 7 nitrogen and oxygen atoms in total. The van der Waals surface area contributed by atoms with Crippen molar-refractivity contribution in [2.24, 2.45) is 0 Å². The Balaban J connectivity index is 1.44. The number of nitrogen functional groups attached to an aromatic ring is 1. The minimum absolute atomic E-state index is 0.0685. The van der Waals surface area contributed by atoms with Gasteiger partial charge < -0.3 is 11.1 Å². The standard InChI is InChI=1S/C26H28N6O/c1-16-7-3-6-10-21(16)26(33)28-14-18-11-12-20(17(2)13-18)23-22-24(27)29-15-30-25(22)32(31-23)19-8-4-5-9-19/h3,6-7,10-13,15,19H,4-5,8-9,14H2,1-2H3,(H,28,33)(H2,27,29,30). The van der Waals surface area contributed by atoms with Crippen LogP contribution in [-0.2, 0) is 6.54 Å².